The molecule has 0 fully saturated rings. The molecule has 2 rings (SSSR count). The Labute approximate surface area is 104 Å². The van der Waals surface area contributed by atoms with Gasteiger partial charge in [0, 0.05) is 12.6 Å². The van der Waals surface area contributed by atoms with Gasteiger partial charge in [-0.2, -0.15) is 0 Å². The Morgan fingerprint density at radius 3 is 2.67 bits per heavy atom. The first kappa shape index (κ1) is 12.0. The first-order valence-corrected chi connectivity index (χ1v) is 5.29. The lowest BCUT2D eigenvalue weighted by atomic mass is 10.2. The number of carbonyl (C=O) groups is 1. The molecule has 1 aromatic heterocycles. The lowest BCUT2D eigenvalue weighted by Gasteiger charge is -2.05. The molecule has 0 atom stereocenters. The van der Waals surface area contributed by atoms with Crippen LogP contribution >= 0.6 is 0 Å². The topological polar surface area (TPSA) is 104 Å². The van der Waals surface area contributed by atoms with Crippen LogP contribution in [0.4, 0.5) is 0 Å². The molecule has 0 aliphatic heterocycles. The van der Waals surface area contributed by atoms with Gasteiger partial charge in [-0.05, 0) is 23.8 Å². The van der Waals surface area contributed by atoms with E-state index in [1.54, 1.807) is 6.07 Å². The molecule has 6 nitrogen and oxygen atoms in total. The van der Waals surface area contributed by atoms with E-state index in [1.807, 2.05) is 18.2 Å². The zero-order valence-corrected chi connectivity index (χ0v) is 9.54. The summed E-state index contributed by atoms with van der Waals surface area (Å²) >= 11 is 0. The van der Waals surface area contributed by atoms with Crippen molar-refractivity contribution in [1.82, 2.24) is 10.2 Å². The Morgan fingerprint density at radius 2 is 2.06 bits per heavy atom. The van der Waals surface area contributed by atoms with Crippen molar-refractivity contribution in [2.24, 2.45) is 11.5 Å². The summed E-state index contributed by atoms with van der Waals surface area (Å²) in [6, 6.07) is 10.3. The van der Waals surface area contributed by atoms with Crippen molar-refractivity contribution in [2.45, 2.75) is 6.54 Å². The van der Waals surface area contributed by atoms with Crippen LogP contribution in [-0.2, 0) is 6.54 Å². The summed E-state index contributed by atoms with van der Waals surface area (Å²) in [6.45, 7) is 0.434. The van der Waals surface area contributed by atoms with E-state index in [2.05, 4.69) is 10.2 Å². The zero-order chi connectivity index (χ0) is 13.0. The van der Waals surface area contributed by atoms with Gasteiger partial charge in [-0.15, -0.1) is 10.2 Å². The summed E-state index contributed by atoms with van der Waals surface area (Å²) in [7, 11) is 0. The number of amides is 1. The van der Waals surface area contributed by atoms with Crippen LogP contribution in [-0.4, -0.2) is 16.1 Å². The summed E-state index contributed by atoms with van der Waals surface area (Å²) in [5, 5.41) is 7.39. The molecule has 1 aromatic carbocycles. The molecule has 92 valence electrons. The number of nitrogens with zero attached hydrogens (tertiary/aromatic N) is 2. The smallest absolute Gasteiger partial charge is 0.269 e. The maximum Gasteiger partial charge on any atom is 0.269 e. The second kappa shape index (κ2) is 5.24. The Hall–Kier alpha value is -2.47. The largest absolute Gasteiger partial charge is 0.438 e. The standard InChI is InChI=1S/C12H12N4O2/c13-7-8-2-1-3-9(6-8)18-11-5-4-10(12(14)17)15-16-11/h1-6H,7,13H2,(H2,14,17). The monoisotopic (exact) mass is 244 g/mol. The van der Waals surface area contributed by atoms with Gasteiger partial charge >= 0.3 is 0 Å². The van der Waals surface area contributed by atoms with Gasteiger partial charge in [0.1, 0.15) is 5.75 Å². The fraction of sp³-hybridized carbons (Fsp3) is 0.0833. The molecular formula is C12H12N4O2. The Morgan fingerprint density at radius 1 is 1.22 bits per heavy atom. The maximum absolute atomic E-state index is 10.8. The molecule has 0 unspecified atom stereocenters. The van der Waals surface area contributed by atoms with Crippen LogP contribution in [0.15, 0.2) is 36.4 Å². The Bertz CT molecular complexity index is 554. The van der Waals surface area contributed by atoms with Crippen molar-refractivity contribution >= 4 is 5.91 Å². The van der Waals surface area contributed by atoms with E-state index in [0.717, 1.165) is 5.56 Å². The Balaban J connectivity index is 2.15. The molecule has 18 heavy (non-hydrogen) atoms. The van der Waals surface area contributed by atoms with Crippen molar-refractivity contribution in [3.8, 4) is 11.6 Å². The van der Waals surface area contributed by atoms with E-state index in [-0.39, 0.29) is 11.6 Å². The van der Waals surface area contributed by atoms with Crippen LogP contribution in [0.25, 0.3) is 0 Å². The third-order valence-corrected chi connectivity index (χ3v) is 2.25. The lowest BCUT2D eigenvalue weighted by Crippen LogP contribution is -2.13. The summed E-state index contributed by atoms with van der Waals surface area (Å²) < 4.78 is 5.47. The predicted octanol–water partition coefficient (Wildman–Crippen LogP) is 0.826. The molecule has 0 aliphatic rings. The zero-order valence-electron chi connectivity index (χ0n) is 9.54. The molecule has 1 heterocycles. The molecule has 0 aliphatic carbocycles. The molecule has 0 spiro atoms. The second-order valence-corrected chi connectivity index (χ2v) is 3.57. The van der Waals surface area contributed by atoms with Gasteiger partial charge < -0.3 is 16.2 Å². The lowest BCUT2D eigenvalue weighted by molar-refractivity contribution is 0.0994. The molecule has 6 heteroatoms. The molecule has 0 bridgehead atoms. The number of primary amides is 1. The fourth-order valence-corrected chi connectivity index (χ4v) is 1.36. The summed E-state index contributed by atoms with van der Waals surface area (Å²) in [4.78, 5) is 10.8. The number of aromatic nitrogens is 2. The van der Waals surface area contributed by atoms with Gasteiger partial charge in [-0.3, -0.25) is 4.79 Å². The van der Waals surface area contributed by atoms with Crippen LogP contribution in [0.5, 0.6) is 11.6 Å². The number of carbonyl (C=O) groups excluding carboxylic acids is 1. The number of hydrogen-bond acceptors (Lipinski definition) is 5. The van der Waals surface area contributed by atoms with Gasteiger partial charge in [0.05, 0.1) is 0 Å². The Kier molecular flexibility index (Phi) is 3.49. The second-order valence-electron chi connectivity index (χ2n) is 3.57. The molecule has 0 saturated heterocycles. The van der Waals surface area contributed by atoms with E-state index in [9.17, 15) is 4.79 Å². The van der Waals surface area contributed by atoms with Crippen molar-refractivity contribution in [2.75, 3.05) is 0 Å². The van der Waals surface area contributed by atoms with Crippen molar-refractivity contribution in [3.05, 3.63) is 47.7 Å². The van der Waals surface area contributed by atoms with Gasteiger partial charge in [-0.25, -0.2) is 0 Å². The summed E-state index contributed by atoms with van der Waals surface area (Å²) in [5.74, 6) is 0.271. The highest BCUT2D eigenvalue weighted by Gasteiger charge is 2.04. The van der Waals surface area contributed by atoms with Crippen molar-refractivity contribution < 1.29 is 9.53 Å². The first-order chi connectivity index (χ1) is 8.69. The SMILES string of the molecule is NCc1cccc(Oc2ccc(C(N)=O)nn2)c1. The van der Waals surface area contributed by atoms with Gasteiger partial charge in [0.15, 0.2) is 5.69 Å². The molecule has 2 aromatic rings. The minimum Gasteiger partial charge on any atom is -0.438 e. The van der Waals surface area contributed by atoms with Crippen molar-refractivity contribution in [1.29, 1.82) is 0 Å². The van der Waals surface area contributed by atoms with Gasteiger partial charge in [-0.1, -0.05) is 12.1 Å². The quantitative estimate of drug-likeness (QED) is 0.828. The highest BCUT2D eigenvalue weighted by molar-refractivity contribution is 5.90. The van der Waals surface area contributed by atoms with Crippen LogP contribution in [0.3, 0.4) is 0 Å². The van der Waals surface area contributed by atoms with E-state index in [0.29, 0.717) is 12.3 Å². The van der Waals surface area contributed by atoms with Crippen molar-refractivity contribution in [3.63, 3.8) is 0 Å². The maximum atomic E-state index is 10.8. The molecule has 0 radical (unpaired) electrons. The number of hydrogen-bond donors (Lipinski definition) is 2. The summed E-state index contributed by atoms with van der Waals surface area (Å²) in [5.41, 5.74) is 11.6. The van der Waals surface area contributed by atoms with E-state index in [4.69, 9.17) is 16.2 Å². The molecule has 1 amide bonds. The highest BCUT2D eigenvalue weighted by Crippen LogP contribution is 2.19. The average molecular weight is 244 g/mol. The third kappa shape index (κ3) is 2.80. The van der Waals surface area contributed by atoms with Crippen LogP contribution < -0.4 is 16.2 Å². The van der Waals surface area contributed by atoms with Crippen LogP contribution in [0.1, 0.15) is 16.1 Å². The first-order valence-electron chi connectivity index (χ1n) is 5.29. The summed E-state index contributed by atoms with van der Waals surface area (Å²) in [6.07, 6.45) is 0. The van der Waals surface area contributed by atoms with Gasteiger partial charge in [0.25, 0.3) is 5.91 Å². The van der Waals surface area contributed by atoms with Crippen LogP contribution in [0.2, 0.25) is 0 Å². The molecule has 0 saturated carbocycles. The number of nitrogens with two attached hydrogens (primary N) is 2. The number of benzene rings is 1. The number of rotatable bonds is 4. The predicted molar refractivity (Wildman–Crippen MR) is 65.0 cm³/mol. The van der Waals surface area contributed by atoms with Gasteiger partial charge in [0.2, 0.25) is 5.88 Å². The van der Waals surface area contributed by atoms with E-state index in [1.165, 1.54) is 12.1 Å². The minimum atomic E-state index is -0.626. The fourth-order valence-electron chi connectivity index (χ4n) is 1.36. The van der Waals surface area contributed by atoms with E-state index < -0.39 is 5.91 Å². The third-order valence-electron chi connectivity index (χ3n) is 2.25. The average Bonchev–Trinajstić information content (AvgIpc) is 2.39. The molecular weight excluding hydrogens is 232 g/mol. The van der Waals surface area contributed by atoms with E-state index >= 15 is 0 Å². The normalized spacial score (nSPS) is 10.1. The number of ether oxygens (including phenoxy) is 1. The minimum absolute atomic E-state index is 0.0954. The highest BCUT2D eigenvalue weighted by atomic mass is 16.5. The molecule has 4 N–H and O–H groups in total. The van der Waals surface area contributed by atoms with Crippen LogP contribution in [0, 0.1) is 0 Å².